The molecule has 1 aromatic carbocycles. The maximum atomic E-state index is 10.6. The predicted molar refractivity (Wildman–Crippen MR) is 82.7 cm³/mol. The Morgan fingerprint density at radius 3 is 2.70 bits per heavy atom. The van der Waals surface area contributed by atoms with Crippen molar-refractivity contribution in [2.75, 3.05) is 6.54 Å². The van der Waals surface area contributed by atoms with Gasteiger partial charge < -0.3 is 10.4 Å². The molecule has 106 valence electrons. The monoisotopic (exact) mass is 271 g/mol. The lowest BCUT2D eigenvalue weighted by Crippen LogP contribution is -2.29. The van der Waals surface area contributed by atoms with Crippen LogP contribution in [0.25, 0.3) is 0 Å². The predicted octanol–water partition coefficient (Wildman–Crippen LogP) is 2.96. The minimum Gasteiger partial charge on any atom is -0.478 e. The Bertz CT molecular complexity index is 475. The van der Waals surface area contributed by atoms with Gasteiger partial charge in [-0.15, -0.1) is 0 Å². The van der Waals surface area contributed by atoms with Gasteiger partial charge in [0.15, 0.2) is 0 Å². The van der Waals surface area contributed by atoms with Gasteiger partial charge in [0.1, 0.15) is 0 Å². The third-order valence-electron chi connectivity index (χ3n) is 2.71. The van der Waals surface area contributed by atoms with Crippen LogP contribution in [0.3, 0.4) is 0 Å². The molecule has 0 fully saturated rings. The molecule has 1 aromatic rings. The molecule has 0 aromatic heterocycles. The lowest BCUT2D eigenvalue weighted by Gasteiger charge is -2.13. The SMILES string of the molecule is C/C=C/C=C/CN[C@H](/C=C/C(=O)O)Cc1ccccc1. The van der Waals surface area contributed by atoms with Gasteiger partial charge in [-0.05, 0) is 18.9 Å². The molecule has 0 amide bonds. The third kappa shape index (κ3) is 7.34. The normalized spacial score (nSPS) is 13.4. The Labute approximate surface area is 120 Å². The van der Waals surface area contributed by atoms with Crippen molar-refractivity contribution in [3.8, 4) is 0 Å². The topological polar surface area (TPSA) is 49.3 Å². The number of nitrogens with one attached hydrogen (secondary N) is 1. The molecule has 0 heterocycles. The van der Waals surface area contributed by atoms with Crippen LogP contribution in [0.2, 0.25) is 0 Å². The molecule has 0 aliphatic carbocycles. The van der Waals surface area contributed by atoms with Crippen molar-refractivity contribution < 1.29 is 9.90 Å². The van der Waals surface area contributed by atoms with Crippen molar-refractivity contribution >= 4 is 5.97 Å². The Balaban J connectivity index is 2.58. The minimum atomic E-state index is -0.922. The summed E-state index contributed by atoms with van der Waals surface area (Å²) in [5, 5.41) is 12.0. The summed E-state index contributed by atoms with van der Waals surface area (Å²) < 4.78 is 0. The number of benzene rings is 1. The number of allylic oxidation sites excluding steroid dienone is 3. The summed E-state index contributed by atoms with van der Waals surface area (Å²) in [5.41, 5.74) is 1.18. The Morgan fingerprint density at radius 1 is 1.30 bits per heavy atom. The highest BCUT2D eigenvalue weighted by molar-refractivity contribution is 5.79. The maximum absolute atomic E-state index is 10.6. The van der Waals surface area contributed by atoms with E-state index in [-0.39, 0.29) is 6.04 Å². The lowest BCUT2D eigenvalue weighted by molar-refractivity contribution is -0.131. The van der Waals surface area contributed by atoms with E-state index in [1.54, 1.807) is 6.08 Å². The highest BCUT2D eigenvalue weighted by Crippen LogP contribution is 2.04. The summed E-state index contributed by atoms with van der Waals surface area (Å²) in [6.45, 7) is 2.66. The quantitative estimate of drug-likeness (QED) is 0.564. The van der Waals surface area contributed by atoms with Gasteiger partial charge in [-0.1, -0.05) is 60.7 Å². The van der Waals surface area contributed by atoms with Gasteiger partial charge in [0.2, 0.25) is 0 Å². The van der Waals surface area contributed by atoms with Gasteiger partial charge in [-0.25, -0.2) is 4.79 Å². The van der Waals surface area contributed by atoms with E-state index in [0.717, 1.165) is 6.42 Å². The van der Waals surface area contributed by atoms with Crippen LogP contribution in [0.5, 0.6) is 0 Å². The number of hydrogen-bond donors (Lipinski definition) is 2. The summed E-state index contributed by atoms with van der Waals surface area (Å²) in [7, 11) is 0. The zero-order valence-electron chi connectivity index (χ0n) is 11.7. The van der Waals surface area contributed by atoms with Crippen LogP contribution in [-0.2, 0) is 11.2 Å². The Kier molecular flexibility index (Phi) is 7.77. The van der Waals surface area contributed by atoms with Crippen molar-refractivity contribution in [1.29, 1.82) is 0 Å². The zero-order valence-corrected chi connectivity index (χ0v) is 11.7. The van der Waals surface area contributed by atoms with Gasteiger partial charge in [0.05, 0.1) is 0 Å². The number of carbonyl (C=O) groups is 1. The number of carboxylic acids is 1. The van der Waals surface area contributed by atoms with Gasteiger partial charge >= 0.3 is 5.97 Å². The van der Waals surface area contributed by atoms with Crippen LogP contribution in [0.15, 0.2) is 66.8 Å². The van der Waals surface area contributed by atoms with E-state index in [0.29, 0.717) is 6.54 Å². The fraction of sp³-hybridized carbons (Fsp3) is 0.235. The molecule has 3 heteroatoms. The van der Waals surface area contributed by atoms with E-state index in [1.807, 2.05) is 61.6 Å². The molecule has 0 unspecified atom stereocenters. The standard InChI is InChI=1S/C17H21NO2/c1-2-3-4-8-13-18-16(11-12-17(19)20)14-15-9-6-5-7-10-15/h2-12,16,18H,13-14H2,1H3,(H,19,20)/b3-2+,8-4+,12-11+/t16-/m1/s1. The first-order valence-electron chi connectivity index (χ1n) is 6.68. The van der Waals surface area contributed by atoms with E-state index in [2.05, 4.69) is 5.32 Å². The van der Waals surface area contributed by atoms with Gasteiger partial charge in [0, 0.05) is 18.7 Å². The number of aliphatic carboxylic acids is 1. The van der Waals surface area contributed by atoms with Gasteiger partial charge in [-0.2, -0.15) is 0 Å². The van der Waals surface area contributed by atoms with Crippen LogP contribution in [0.1, 0.15) is 12.5 Å². The second kappa shape index (κ2) is 9.75. The first-order valence-corrected chi connectivity index (χ1v) is 6.68. The fourth-order valence-electron chi connectivity index (χ4n) is 1.75. The van der Waals surface area contributed by atoms with E-state index in [1.165, 1.54) is 11.6 Å². The molecule has 20 heavy (non-hydrogen) atoms. The van der Waals surface area contributed by atoms with E-state index < -0.39 is 5.97 Å². The number of hydrogen-bond acceptors (Lipinski definition) is 2. The molecule has 0 radical (unpaired) electrons. The van der Waals surface area contributed by atoms with Crippen molar-refractivity contribution in [2.24, 2.45) is 0 Å². The Hall–Kier alpha value is -2.13. The fourth-order valence-corrected chi connectivity index (χ4v) is 1.75. The van der Waals surface area contributed by atoms with Crippen LogP contribution in [-0.4, -0.2) is 23.7 Å². The summed E-state index contributed by atoms with van der Waals surface area (Å²) in [5.74, 6) is -0.922. The molecule has 0 aliphatic heterocycles. The average Bonchev–Trinajstić information content (AvgIpc) is 2.45. The second-order valence-corrected chi connectivity index (χ2v) is 4.36. The smallest absolute Gasteiger partial charge is 0.328 e. The van der Waals surface area contributed by atoms with Gasteiger partial charge in [-0.3, -0.25) is 0 Å². The number of carboxylic acid groups (broad SMARTS) is 1. The largest absolute Gasteiger partial charge is 0.478 e. The van der Waals surface area contributed by atoms with Crippen LogP contribution < -0.4 is 5.32 Å². The van der Waals surface area contributed by atoms with E-state index >= 15 is 0 Å². The third-order valence-corrected chi connectivity index (χ3v) is 2.71. The van der Waals surface area contributed by atoms with Crippen LogP contribution >= 0.6 is 0 Å². The van der Waals surface area contributed by atoms with Crippen molar-refractivity contribution in [1.82, 2.24) is 5.32 Å². The van der Waals surface area contributed by atoms with Crippen LogP contribution in [0, 0.1) is 0 Å². The Morgan fingerprint density at radius 2 is 2.05 bits per heavy atom. The molecule has 2 N–H and O–H groups in total. The first-order chi connectivity index (χ1) is 9.72. The number of rotatable bonds is 8. The highest BCUT2D eigenvalue weighted by Gasteiger charge is 2.05. The van der Waals surface area contributed by atoms with E-state index in [4.69, 9.17) is 5.11 Å². The van der Waals surface area contributed by atoms with E-state index in [9.17, 15) is 4.79 Å². The summed E-state index contributed by atoms with van der Waals surface area (Å²) in [6, 6.07) is 10.0. The highest BCUT2D eigenvalue weighted by atomic mass is 16.4. The first kappa shape index (κ1) is 15.9. The van der Waals surface area contributed by atoms with Crippen LogP contribution in [0.4, 0.5) is 0 Å². The zero-order chi connectivity index (χ0) is 14.6. The van der Waals surface area contributed by atoms with Gasteiger partial charge in [0.25, 0.3) is 0 Å². The minimum absolute atomic E-state index is 0.00348. The van der Waals surface area contributed by atoms with Crippen molar-refractivity contribution in [2.45, 2.75) is 19.4 Å². The molecular formula is C17H21NO2. The summed E-state index contributed by atoms with van der Waals surface area (Å²) in [4.78, 5) is 10.6. The van der Waals surface area contributed by atoms with Crippen molar-refractivity contribution in [3.05, 3.63) is 72.4 Å². The average molecular weight is 271 g/mol. The molecule has 0 bridgehead atoms. The van der Waals surface area contributed by atoms with Crippen molar-refractivity contribution in [3.63, 3.8) is 0 Å². The second-order valence-electron chi connectivity index (χ2n) is 4.36. The maximum Gasteiger partial charge on any atom is 0.328 e. The molecule has 1 atom stereocenters. The molecule has 0 aliphatic rings. The molecule has 1 rings (SSSR count). The summed E-state index contributed by atoms with van der Waals surface area (Å²) >= 11 is 0. The molecule has 0 saturated heterocycles. The molecule has 0 spiro atoms. The molecule has 3 nitrogen and oxygen atoms in total. The summed E-state index contributed by atoms with van der Waals surface area (Å²) in [6.07, 6.45) is 11.5. The lowest BCUT2D eigenvalue weighted by atomic mass is 10.1. The molecular weight excluding hydrogens is 250 g/mol. The molecule has 0 saturated carbocycles.